The molecule has 0 fully saturated rings. The van der Waals surface area contributed by atoms with E-state index in [4.69, 9.17) is 14.2 Å². The number of hydrogen-bond donors (Lipinski definition) is 0. The number of ether oxygens (including phenoxy) is 3. The van der Waals surface area contributed by atoms with E-state index in [2.05, 4.69) is 69.4 Å². The van der Waals surface area contributed by atoms with Gasteiger partial charge in [-0.3, -0.25) is 14.4 Å². The predicted octanol–water partition coefficient (Wildman–Crippen LogP) is 19.4. The molecule has 0 amide bonds. The number of unbranched alkanes of at least 4 members (excludes halogenated alkanes) is 34. The van der Waals surface area contributed by atoms with Crippen LogP contribution in [0.3, 0.4) is 0 Å². The molecule has 0 bridgehead atoms. The molecule has 0 heterocycles. The van der Waals surface area contributed by atoms with Crippen molar-refractivity contribution in [3.8, 4) is 0 Å². The fraction of sp³-hybridized carbons (Fsp3) is 0.820. The summed E-state index contributed by atoms with van der Waals surface area (Å²) in [4.78, 5) is 38.1. The monoisotopic (exact) mass is 939 g/mol. The SMILES string of the molecule is CCCC/C=C\C/C=C\CCCCCCCC(=O)OC(COC(=O)CCCCCCC/C=C\CCCCCCC)COC(=O)CCCCCCCCCCC/C=C\CCCCCCCCCC. The lowest BCUT2D eigenvalue weighted by Gasteiger charge is -2.18. The molecule has 6 nitrogen and oxygen atoms in total. The number of esters is 3. The molecule has 0 saturated carbocycles. The second-order valence-electron chi connectivity index (χ2n) is 19.5. The largest absolute Gasteiger partial charge is 0.462 e. The van der Waals surface area contributed by atoms with Crippen LogP contribution < -0.4 is 0 Å². The van der Waals surface area contributed by atoms with Gasteiger partial charge in [0.25, 0.3) is 0 Å². The summed E-state index contributed by atoms with van der Waals surface area (Å²) in [5, 5.41) is 0. The van der Waals surface area contributed by atoms with Gasteiger partial charge in [-0.15, -0.1) is 0 Å². The van der Waals surface area contributed by atoms with E-state index in [1.807, 2.05) is 0 Å². The zero-order valence-corrected chi connectivity index (χ0v) is 44.7. The molecule has 6 heteroatoms. The van der Waals surface area contributed by atoms with Crippen LogP contribution in [0.4, 0.5) is 0 Å². The third kappa shape index (κ3) is 54.2. The minimum absolute atomic E-state index is 0.0811. The third-order valence-electron chi connectivity index (χ3n) is 12.8. The van der Waals surface area contributed by atoms with E-state index >= 15 is 0 Å². The topological polar surface area (TPSA) is 78.9 Å². The van der Waals surface area contributed by atoms with Crippen LogP contribution in [0.1, 0.15) is 303 Å². The van der Waals surface area contributed by atoms with Gasteiger partial charge in [0.05, 0.1) is 0 Å². The quantitative estimate of drug-likeness (QED) is 0.0262. The highest BCUT2D eigenvalue weighted by atomic mass is 16.6. The molecule has 0 aliphatic rings. The molecule has 0 aliphatic carbocycles. The van der Waals surface area contributed by atoms with Gasteiger partial charge < -0.3 is 14.2 Å². The summed E-state index contributed by atoms with van der Waals surface area (Å²) in [5.74, 6) is -0.894. The first-order chi connectivity index (χ1) is 33.0. The van der Waals surface area contributed by atoms with Crippen LogP contribution in [0.5, 0.6) is 0 Å². The van der Waals surface area contributed by atoms with Gasteiger partial charge in [0.1, 0.15) is 13.2 Å². The summed E-state index contributed by atoms with van der Waals surface area (Å²) in [6, 6.07) is 0. The molecule has 0 spiro atoms. The zero-order chi connectivity index (χ0) is 48.6. The molecule has 0 aromatic rings. The Balaban J connectivity index is 4.33. The number of rotatable bonds is 53. The first-order valence-electron chi connectivity index (χ1n) is 29.1. The van der Waals surface area contributed by atoms with E-state index in [1.165, 1.54) is 173 Å². The van der Waals surface area contributed by atoms with Gasteiger partial charge in [-0.25, -0.2) is 0 Å². The van der Waals surface area contributed by atoms with Crippen molar-refractivity contribution in [3.05, 3.63) is 48.6 Å². The van der Waals surface area contributed by atoms with Gasteiger partial charge in [-0.1, -0.05) is 236 Å². The van der Waals surface area contributed by atoms with Crippen LogP contribution in [0, 0.1) is 0 Å². The Kier molecular flexibility index (Phi) is 53.8. The van der Waals surface area contributed by atoms with E-state index in [1.54, 1.807) is 0 Å². The molecule has 0 radical (unpaired) electrons. The lowest BCUT2D eigenvalue weighted by molar-refractivity contribution is -0.167. The van der Waals surface area contributed by atoms with Gasteiger partial charge in [0.2, 0.25) is 0 Å². The first-order valence-corrected chi connectivity index (χ1v) is 29.1. The Hall–Kier alpha value is -2.63. The van der Waals surface area contributed by atoms with Crippen molar-refractivity contribution in [2.75, 3.05) is 13.2 Å². The molecular weight excluding hydrogens is 829 g/mol. The first kappa shape index (κ1) is 64.4. The van der Waals surface area contributed by atoms with E-state index in [-0.39, 0.29) is 31.1 Å². The Bertz CT molecular complexity index is 1170. The molecule has 1 unspecified atom stereocenters. The van der Waals surface area contributed by atoms with Crippen molar-refractivity contribution < 1.29 is 28.6 Å². The lowest BCUT2D eigenvalue weighted by Crippen LogP contribution is -2.30. The Morgan fingerprint density at radius 3 is 0.881 bits per heavy atom. The third-order valence-corrected chi connectivity index (χ3v) is 12.8. The van der Waals surface area contributed by atoms with Crippen molar-refractivity contribution in [1.82, 2.24) is 0 Å². The average molecular weight is 940 g/mol. The summed E-state index contributed by atoms with van der Waals surface area (Å²) in [5.41, 5.74) is 0. The van der Waals surface area contributed by atoms with Crippen LogP contribution in [-0.4, -0.2) is 37.2 Å². The van der Waals surface area contributed by atoms with Gasteiger partial charge in [-0.2, -0.15) is 0 Å². The van der Waals surface area contributed by atoms with Crippen molar-refractivity contribution in [1.29, 1.82) is 0 Å². The zero-order valence-electron chi connectivity index (χ0n) is 44.7. The normalized spacial score (nSPS) is 12.3. The molecule has 0 N–H and O–H groups in total. The minimum Gasteiger partial charge on any atom is -0.462 e. The van der Waals surface area contributed by atoms with Crippen molar-refractivity contribution in [2.24, 2.45) is 0 Å². The summed E-state index contributed by atoms with van der Waals surface area (Å²) in [6.45, 7) is 6.60. The van der Waals surface area contributed by atoms with E-state index in [0.29, 0.717) is 19.3 Å². The maximum atomic E-state index is 12.8. The molecule has 0 aromatic carbocycles. The maximum Gasteiger partial charge on any atom is 0.306 e. The lowest BCUT2D eigenvalue weighted by atomic mass is 10.1. The van der Waals surface area contributed by atoms with E-state index in [0.717, 1.165) is 89.9 Å². The number of allylic oxidation sites excluding steroid dienone is 8. The highest BCUT2D eigenvalue weighted by Gasteiger charge is 2.19. The molecule has 0 aromatic heterocycles. The highest BCUT2D eigenvalue weighted by Crippen LogP contribution is 2.15. The minimum atomic E-state index is -0.784. The summed E-state index contributed by atoms with van der Waals surface area (Å²) >= 11 is 0. The molecular formula is C61H110O6. The van der Waals surface area contributed by atoms with Gasteiger partial charge in [-0.05, 0) is 96.3 Å². The van der Waals surface area contributed by atoms with Crippen molar-refractivity contribution in [3.63, 3.8) is 0 Å². The highest BCUT2D eigenvalue weighted by molar-refractivity contribution is 5.71. The predicted molar refractivity (Wildman–Crippen MR) is 289 cm³/mol. The number of hydrogen-bond acceptors (Lipinski definition) is 6. The Morgan fingerprint density at radius 2 is 0.552 bits per heavy atom. The molecule has 0 saturated heterocycles. The number of carbonyl (C=O) groups is 3. The number of carbonyl (C=O) groups excluding carboxylic acids is 3. The van der Waals surface area contributed by atoms with Gasteiger partial charge >= 0.3 is 17.9 Å². The smallest absolute Gasteiger partial charge is 0.306 e. The standard InChI is InChI=1S/C61H110O6/c1-4-7-10-13-16-19-22-25-28-29-30-31-32-33-34-37-39-42-45-48-51-54-60(63)66-57-58(67-61(64)55-52-49-46-43-40-36-27-24-21-18-15-12-9-6-3)56-65-59(62)53-50-47-44-41-38-35-26-23-20-17-14-11-8-5-2/h15,18,23-24,26-27,29-30,58H,4-14,16-17,19-22,25,28,31-57H2,1-3H3/b18-15-,26-23-,27-24-,30-29-. The van der Waals surface area contributed by atoms with Crippen molar-refractivity contribution in [2.45, 2.75) is 309 Å². The molecule has 0 rings (SSSR count). The van der Waals surface area contributed by atoms with E-state index < -0.39 is 6.10 Å². The van der Waals surface area contributed by atoms with Crippen LogP contribution in [-0.2, 0) is 28.6 Å². The van der Waals surface area contributed by atoms with Crippen LogP contribution in [0.15, 0.2) is 48.6 Å². The van der Waals surface area contributed by atoms with E-state index in [9.17, 15) is 14.4 Å². The molecule has 0 aliphatic heterocycles. The summed E-state index contributed by atoms with van der Waals surface area (Å²) in [6.07, 6.45) is 68.2. The van der Waals surface area contributed by atoms with Crippen LogP contribution >= 0.6 is 0 Å². The Morgan fingerprint density at radius 1 is 0.299 bits per heavy atom. The molecule has 67 heavy (non-hydrogen) atoms. The fourth-order valence-electron chi connectivity index (χ4n) is 8.33. The maximum absolute atomic E-state index is 12.8. The van der Waals surface area contributed by atoms with Crippen LogP contribution in [0.25, 0.3) is 0 Å². The average Bonchev–Trinajstić information content (AvgIpc) is 3.33. The van der Waals surface area contributed by atoms with Crippen LogP contribution in [0.2, 0.25) is 0 Å². The van der Waals surface area contributed by atoms with Gasteiger partial charge in [0, 0.05) is 19.3 Å². The Labute approximate surface area is 416 Å². The summed E-state index contributed by atoms with van der Waals surface area (Å²) < 4.78 is 16.9. The second-order valence-corrected chi connectivity index (χ2v) is 19.5. The van der Waals surface area contributed by atoms with Gasteiger partial charge in [0.15, 0.2) is 6.10 Å². The fourth-order valence-corrected chi connectivity index (χ4v) is 8.33. The summed E-state index contributed by atoms with van der Waals surface area (Å²) in [7, 11) is 0. The van der Waals surface area contributed by atoms with Crippen molar-refractivity contribution >= 4 is 17.9 Å². The molecule has 390 valence electrons. The second kappa shape index (κ2) is 56.0. The molecule has 1 atom stereocenters.